The van der Waals surface area contributed by atoms with E-state index in [-0.39, 0.29) is 29.8 Å². The SMILES string of the molecule is CC(O)CCCCOc1cccc(C(=O)c2csc([C@@H]3CCCN3C(=O)C(NC(=O)C(C)N(C)C(=O)OC(C)(C)C)C3CCCCC3)n2)c1. The van der Waals surface area contributed by atoms with Crippen LogP contribution in [0.5, 0.6) is 5.75 Å². The quantitative estimate of drug-likeness (QED) is 0.174. The second-order valence-corrected chi connectivity index (χ2v) is 15.4. The first-order valence-corrected chi connectivity index (χ1v) is 18.6. The maximum Gasteiger partial charge on any atom is 0.410 e. The molecule has 3 unspecified atom stereocenters. The number of carbonyl (C=O) groups excluding carboxylic acids is 4. The molecule has 3 amide bonds. The van der Waals surface area contributed by atoms with E-state index < -0.39 is 29.7 Å². The van der Waals surface area contributed by atoms with Crippen LogP contribution in [0, 0.1) is 5.92 Å². The van der Waals surface area contributed by atoms with Gasteiger partial charge in [-0.15, -0.1) is 11.3 Å². The van der Waals surface area contributed by atoms with E-state index >= 15 is 0 Å². The number of aliphatic hydroxyl groups is 1. The standard InChI is InChI=1S/C37H54N4O7S/c1-24(42)14-10-11-21-47-28-18-12-17-27(22-28)32(43)29-23-49-34(38-29)30-19-13-20-41(30)35(45)31(26-15-8-7-9-16-26)39-33(44)25(2)40(6)36(46)48-37(3,4)5/h12,17-18,22-26,30-31,42H,7-11,13-16,19-21H2,1-6H3,(H,39,44)/t24?,25?,30-,31?/m0/s1. The molecule has 49 heavy (non-hydrogen) atoms. The highest BCUT2D eigenvalue weighted by atomic mass is 32.1. The van der Waals surface area contributed by atoms with Gasteiger partial charge in [0.1, 0.15) is 34.1 Å². The number of hydrogen-bond donors (Lipinski definition) is 2. The van der Waals surface area contributed by atoms with Gasteiger partial charge in [0.25, 0.3) is 0 Å². The molecule has 2 aromatic rings. The van der Waals surface area contributed by atoms with Crippen molar-refractivity contribution in [2.24, 2.45) is 5.92 Å². The Bertz CT molecular complexity index is 1430. The summed E-state index contributed by atoms with van der Waals surface area (Å²) < 4.78 is 11.3. The van der Waals surface area contributed by atoms with Gasteiger partial charge < -0.3 is 24.8 Å². The van der Waals surface area contributed by atoms with Crippen molar-refractivity contribution in [2.45, 2.75) is 129 Å². The summed E-state index contributed by atoms with van der Waals surface area (Å²) in [6.07, 6.45) is 7.73. The van der Waals surface area contributed by atoms with E-state index in [1.54, 1.807) is 58.2 Å². The maximum absolute atomic E-state index is 14.3. The summed E-state index contributed by atoms with van der Waals surface area (Å²) in [5, 5.41) is 14.9. The molecular weight excluding hydrogens is 644 g/mol. The zero-order chi connectivity index (χ0) is 35.7. The summed E-state index contributed by atoms with van der Waals surface area (Å²) in [6, 6.07) is 5.21. The fourth-order valence-corrected chi connectivity index (χ4v) is 7.35. The maximum atomic E-state index is 14.3. The van der Waals surface area contributed by atoms with Crippen LogP contribution >= 0.6 is 11.3 Å². The van der Waals surface area contributed by atoms with E-state index in [0.29, 0.717) is 41.6 Å². The minimum Gasteiger partial charge on any atom is -0.494 e. The van der Waals surface area contributed by atoms with Crippen LogP contribution in [0.3, 0.4) is 0 Å². The van der Waals surface area contributed by atoms with E-state index in [0.717, 1.165) is 57.8 Å². The first-order valence-electron chi connectivity index (χ1n) is 17.7. The van der Waals surface area contributed by atoms with Gasteiger partial charge in [-0.25, -0.2) is 9.78 Å². The second-order valence-electron chi connectivity index (χ2n) is 14.5. The molecule has 4 rings (SSSR count). The van der Waals surface area contributed by atoms with Crippen molar-refractivity contribution in [3.63, 3.8) is 0 Å². The van der Waals surface area contributed by atoms with Crippen molar-refractivity contribution < 1.29 is 33.8 Å². The predicted octanol–water partition coefficient (Wildman–Crippen LogP) is 6.29. The number of amides is 3. The highest BCUT2D eigenvalue weighted by Gasteiger charge is 2.41. The number of likely N-dealkylation sites (N-methyl/N-ethyl adjacent to an activating group) is 1. The van der Waals surface area contributed by atoms with Gasteiger partial charge in [-0.3, -0.25) is 19.3 Å². The summed E-state index contributed by atoms with van der Waals surface area (Å²) in [5.74, 6) is -0.161. The number of hydrogen-bond acceptors (Lipinski definition) is 9. The number of unbranched alkanes of at least 4 members (excludes halogenated alkanes) is 1. The number of thiazole rings is 1. The number of ether oxygens (including phenoxy) is 2. The van der Waals surface area contributed by atoms with Crippen LogP contribution in [0.2, 0.25) is 0 Å². The third-order valence-corrected chi connectivity index (χ3v) is 10.2. The molecule has 1 saturated carbocycles. The molecule has 1 aliphatic heterocycles. The molecule has 270 valence electrons. The Kier molecular flexibility index (Phi) is 13.6. The van der Waals surface area contributed by atoms with Crippen LogP contribution in [0.25, 0.3) is 0 Å². The van der Waals surface area contributed by atoms with Gasteiger partial charge in [0, 0.05) is 24.5 Å². The lowest BCUT2D eigenvalue weighted by Crippen LogP contribution is -2.56. The number of benzene rings is 1. The first kappa shape index (κ1) is 38.3. The number of aromatic nitrogens is 1. The van der Waals surface area contributed by atoms with Crippen LogP contribution in [0.1, 0.15) is 126 Å². The number of nitrogens with zero attached hydrogens (tertiary/aromatic N) is 3. The largest absolute Gasteiger partial charge is 0.494 e. The molecule has 11 nitrogen and oxygen atoms in total. The normalized spacial score (nSPS) is 18.8. The average molecular weight is 699 g/mol. The van der Waals surface area contributed by atoms with Crippen molar-refractivity contribution >= 4 is 35.0 Å². The van der Waals surface area contributed by atoms with Crippen LogP contribution in [-0.2, 0) is 14.3 Å². The molecule has 12 heteroatoms. The topological polar surface area (TPSA) is 138 Å². The minimum absolute atomic E-state index is 0.00773. The summed E-state index contributed by atoms with van der Waals surface area (Å²) >= 11 is 1.37. The summed E-state index contributed by atoms with van der Waals surface area (Å²) in [5.41, 5.74) is 0.0963. The zero-order valence-corrected chi connectivity index (χ0v) is 30.7. The van der Waals surface area contributed by atoms with Crippen LogP contribution < -0.4 is 10.1 Å². The molecule has 2 aliphatic rings. The van der Waals surface area contributed by atoms with Crippen molar-refractivity contribution in [2.75, 3.05) is 20.2 Å². The van der Waals surface area contributed by atoms with Crippen molar-refractivity contribution in [1.82, 2.24) is 20.1 Å². The molecule has 0 radical (unpaired) electrons. The van der Waals surface area contributed by atoms with Gasteiger partial charge >= 0.3 is 6.09 Å². The van der Waals surface area contributed by atoms with Crippen LogP contribution in [0.15, 0.2) is 29.6 Å². The molecule has 2 N–H and O–H groups in total. The van der Waals surface area contributed by atoms with Gasteiger partial charge in [0.2, 0.25) is 17.6 Å². The number of nitrogens with one attached hydrogen (secondary N) is 1. The molecule has 1 saturated heterocycles. The second kappa shape index (κ2) is 17.4. The molecule has 0 spiro atoms. The minimum atomic E-state index is -0.838. The van der Waals surface area contributed by atoms with Gasteiger partial charge in [-0.1, -0.05) is 31.4 Å². The van der Waals surface area contributed by atoms with E-state index in [1.165, 1.54) is 23.3 Å². The Morgan fingerprint density at radius 3 is 2.51 bits per heavy atom. The van der Waals surface area contributed by atoms with Gasteiger partial charge in [0.15, 0.2) is 0 Å². The first-order chi connectivity index (χ1) is 23.2. The van der Waals surface area contributed by atoms with Crippen LogP contribution in [0.4, 0.5) is 4.79 Å². The van der Waals surface area contributed by atoms with Crippen molar-refractivity contribution in [3.8, 4) is 5.75 Å². The molecular formula is C37H54N4O7S. The highest BCUT2D eigenvalue weighted by molar-refractivity contribution is 7.10. The van der Waals surface area contributed by atoms with Crippen molar-refractivity contribution in [3.05, 3.63) is 45.9 Å². The molecule has 4 atom stereocenters. The van der Waals surface area contributed by atoms with Crippen molar-refractivity contribution in [1.29, 1.82) is 0 Å². The Morgan fingerprint density at radius 2 is 1.82 bits per heavy atom. The Hall–Kier alpha value is -3.51. The lowest BCUT2D eigenvalue weighted by Gasteiger charge is -2.36. The zero-order valence-electron chi connectivity index (χ0n) is 29.9. The van der Waals surface area contributed by atoms with E-state index in [4.69, 9.17) is 14.5 Å². The Balaban J connectivity index is 1.45. The van der Waals surface area contributed by atoms with Gasteiger partial charge in [-0.2, -0.15) is 0 Å². The average Bonchev–Trinajstić information content (AvgIpc) is 3.76. The third kappa shape index (κ3) is 10.7. The fourth-order valence-electron chi connectivity index (χ4n) is 6.41. The number of aliphatic hydroxyl groups excluding tert-OH is 1. The Morgan fingerprint density at radius 1 is 1.08 bits per heavy atom. The fraction of sp³-hybridized carbons (Fsp3) is 0.649. The van der Waals surface area contributed by atoms with E-state index in [9.17, 15) is 24.3 Å². The lowest BCUT2D eigenvalue weighted by molar-refractivity contribution is -0.140. The smallest absolute Gasteiger partial charge is 0.410 e. The molecule has 1 aliphatic carbocycles. The summed E-state index contributed by atoms with van der Waals surface area (Å²) in [7, 11) is 1.53. The highest BCUT2D eigenvalue weighted by Crippen LogP contribution is 2.37. The number of carbonyl (C=O) groups is 4. The van der Waals surface area contributed by atoms with E-state index in [2.05, 4.69) is 5.32 Å². The monoisotopic (exact) mass is 698 g/mol. The molecule has 2 fully saturated rings. The van der Waals surface area contributed by atoms with Crippen LogP contribution in [-0.4, -0.2) is 87.6 Å². The van der Waals surface area contributed by atoms with E-state index in [1.807, 2.05) is 11.0 Å². The number of rotatable bonds is 14. The summed E-state index contributed by atoms with van der Waals surface area (Å²) in [6.45, 7) is 9.75. The lowest BCUT2D eigenvalue weighted by atomic mass is 9.83. The third-order valence-electron chi connectivity index (χ3n) is 9.28. The molecule has 2 heterocycles. The molecule has 1 aromatic heterocycles. The number of ketones is 1. The van der Waals surface area contributed by atoms with Gasteiger partial charge in [0.05, 0.1) is 18.8 Å². The van der Waals surface area contributed by atoms with Gasteiger partial charge in [-0.05, 0) is 97.6 Å². The predicted molar refractivity (Wildman–Crippen MR) is 189 cm³/mol. The summed E-state index contributed by atoms with van der Waals surface area (Å²) in [4.78, 5) is 61.8. The number of likely N-dealkylation sites (tertiary alicyclic amines) is 1. The Labute approximate surface area is 294 Å². The molecule has 1 aromatic carbocycles. The molecule has 0 bridgehead atoms.